The number of hydrogen-bond donors (Lipinski definition) is 4. The van der Waals surface area contributed by atoms with E-state index in [1.807, 2.05) is 30.3 Å². The van der Waals surface area contributed by atoms with E-state index in [1.165, 1.54) is 0 Å². The van der Waals surface area contributed by atoms with E-state index < -0.39 is 0 Å². The smallest absolute Gasteiger partial charge is 0.272 e. The number of anilines is 2. The standard InChI is InChI=1S/C27H32N6O/c28-21-11-5-4-10-20(21)24(29)25(34)33-16-14-27(15-17-33)26(30-18-19-8-2-1-3-9-19)31-22-12-6-7-13-23(22)32-27/h1-3,6-9,12-13,29,32H,4-5,10-11,14-18,28H2,(H,30,31). The Morgan fingerprint density at radius 1 is 1.00 bits per heavy atom. The summed E-state index contributed by atoms with van der Waals surface area (Å²) in [7, 11) is 0. The number of amidine groups is 1. The van der Waals surface area contributed by atoms with E-state index in [2.05, 4.69) is 34.9 Å². The molecule has 0 aromatic heterocycles. The van der Waals surface area contributed by atoms with Gasteiger partial charge in [0.25, 0.3) is 5.91 Å². The molecule has 2 aromatic rings. The highest BCUT2D eigenvalue weighted by molar-refractivity contribution is 6.44. The van der Waals surface area contributed by atoms with Crippen LogP contribution >= 0.6 is 0 Å². The quantitative estimate of drug-likeness (QED) is 0.515. The number of benzene rings is 2. The lowest BCUT2D eigenvalue weighted by Crippen LogP contribution is -2.59. The lowest BCUT2D eigenvalue weighted by Gasteiger charge is -2.46. The molecular formula is C27H32N6O. The second-order valence-electron chi connectivity index (χ2n) is 9.41. The van der Waals surface area contributed by atoms with Crippen molar-refractivity contribution in [1.29, 1.82) is 5.41 Å². The first-order valence-corrected chi connectivity index (χ1v) is 12.1. The number of hydrogen-bond acceptors (Lipinski definition) is 5. The molecule has 0 bridgehead atoms. The van der Waals surface area contributed by atoms with Crippen LogP contribution in [0.4, 0.5) is 11.4 Å². The predicted octanol–water partition coefficient (Wildman–Crippen LogP) is 4.29. The topological polar surface area (TPSA) is 107 Å². The molecule has 1 spiro atoms. The number of carbonyl (C=O) groups excluding carboxylic acids is 1. The molecule has 0 unspecified atom stereocenters. The Morgan fingerprint density at radius 3 is 2.41 bits per heavy atom. The summed E-state index contributed by atoms with van der Waals surface area (Å²) in [5, 5.41) is 15.8. The number of aliphatic imine (C=N–C) groups is 1. The first-order chi connectivity index (χ1) is 16.6. The number of amides is 1. The van der Waals surface area contributed by atoms with Crippen LogP contribution in [0.5, 0.6) is 0 Å². The number of likely N-dealkylation sites (tertiary alicyclic amines) is 1. The van der Waals surface area contributed by atoms with E-state index in [0.717, 1.165) is 66.9 Å². The summed E-state index contributed by atoms with van der Waals surface area (Å²) < 4.78 is 0. The Morgan fingerprint density at radius 2 is 1.68 bits per heavy atom. The van der Waals surface area contributed by atoms with Crippen LogP contribution in [0.1, 0.15) is 44.1 Å². The molecule has 7 heteroatoms. The van der Waals surface area contributed by atoms with E-state index in [9.17, 15) is 4.79 Å². The van der Waals surface area contributed by atoms with E-state index in [-0.39, 0.29) is 17.2 Å². The zero-order valence-electron chi connectivity index (χ0n) is 19.4. The molecule has 0 saturated carbocycles. The van der Waals surface area contributed by atoms with Crippen molar-refractivity contribution in [3.8, 4) is 0 Å². The Labute approximate surface area is 200 Å². The molecule has 3 aliphatic rings. The van der Waals surface area contributed by atoms with Gasteiger partial charge in [-0.1, -0.05) is 42.5 Å². The molecule has 2 aromatic carbocycles. The van der Waals surface area contributed by atoms with Gasteiger partial charge < -0.3 is 21.3 Å². The zero-order chi connectivity index (χ0) is 23.5. The van der Waals surface area contributed by atoms with Crippen molar-refractivity contribution in [2.75, 3.05) is 23.7 Å². The summed E-state index contributed by atoms with van der Waals surface area (Å²) in [6, 6.07) is 18.4. The van der Waals surface area contributed by atoms with Crippen LogP contribution in [0.15, 0.2) is 70.9 Å². The minimum Gasteiger partial charge on any atom is -0.402 e. The molecule has 5 N–H and O–H groups in total. The molecule has 1 aliphatic carbocycles. The van der Waals surface area contributed by atoms with Gasteiger partial charge in [0, 0.05) is 24.4 Å². The summed E-state index contributed by atoms with van der Waals surface area (Å²) in [5.41, 5.74) is 10.5. The van der Waals surface area contributed by atoms with Gasteiger partial charge in [-0.15, -0.1) is 0 Å². The maximum absolute atomic E-state index is 13.2. The van der Waals surface area contributed by atoms with E-state index in [0.29, 0.717) is 25.3 Å². The van der Waals surface area contributed by atoms with Crippen LogP contribution in [0.25, 0.3) is 0 Å². The summed E-state index contributed by atoms with van der Waals surface area (Å²) in [6.07, 6.45) is 4.97. The SMILES string of the molecule is N=C(C(=O)N1CCC2(CC1)Nc1ccccc1NC2=NCc1ccccc1)C1=C(N)CCCC1. The van der Waals surface area contributed by atoms with Crippen molar-refractivity contribution in [1.82, 2.24) is 4.90 Å². The van der Waals surface area contributed by atoms with Crippen LogP contribution in [0, 0.1) is 5.41 Å². The molecular weight excluding hydrogens is 424 g/mol. The maximum Gasteiger partial charge on any atom is 0.272 e. The third kappa shape index (κ3) is 4.30. The average Bonchev–Trinajstić information content (AvgIpc) is 2.88. The average molecular weight is 457 g/mol. The van der Waals surface area contributed by atoms with Gasteiger partial charge in [0.1, 0.15) is 11.5 Å². The van der Waals surface area contributed by atoms with Crippen molar-refractivity contribution in [3.63, 3.8) is 0 Å². The zero-order valence-corrected chi connectivity index (χ0v) is 19.4. The van der Waals surface area contributed by atoms with Gasteiger partial charge in [-0.25, -0.2) is 0 Å². The fraction of sp³-hybridized carbons (Fsp3) is 0.370. The summed E-state index contributed by atoms with van der Waals surface area (Å²) >= 11 is 0. The molecule has 1 amide bonds. The summed E-state index contributed by atoms with van der Waals surface area (Å²) in [5.74, 6) is 0.707. The number of para-hydroxylation sites is 2. The minimum absolute atomic E-state index is 0.0752. The van der Waals surface area contributed by atoms with Gasteiger partial charge in [0.05, 0.1) is 23.5 Å². The Bertz CT molecular complexity index is 1140. The molecule has 0 atom stereocenters. The van der Waals surface area contributed by atoms with Crippen molar-refractivity contribution < 1.29 is 4.79 Å². The van der Waals surface area contributed by atoms with Gasteiger partial charge >= 0.3 is 0 Å². The second kappa shape index (κ2) is 9.33. The minimum atomic E-state index is -0.370. The van der Waals surface area contributed by atoms with Crippen LogP contribution in [0.3, 0.4) is 0 Å². The molecule has 1 saturated heterocycles. The maximum atomic E-state index is 13.2. The molecule has 1 fully saturated rings. The largest absolute Gasteiger partial charge is 0.402 e. The van der Waals surface area contributed by atoms with Crippen LogP contribution < -0.4 is 16.4 Å². The van der Waals surface area contributed by atoms with Crippen molar-refractivity contribution in [2.24, 2.45) is 10.7 Å². The summed E-state index contributed by atoms with van der Waals surface area (Å²) in [4.78, 5) is 19.9. The van der Waals surface area contributed by atoms with Crippen molar-refractivity contribution in [2.45, 2.75) is 50.6 Å². The number of allylic oxidation sites excluding steroid dienone is 1. The first kappa shape index (κ1) is 22.2. The number of nitrogens with zero attached hydrogens (tertiary/aromatic N) is 2. The van der Waals surface area contributed by atoms with Crippen LogP contribution in [-0.4, -0.2) is 41.0 Å². The number of fused-ring (bicyclic) bond motifs is 1. The predicted molar refractivity (Wildman–Crippen MR) is 137 cm³/mol. The van der Waals surface area contributed by atoms with Crippen LogP contribution in [-0.2, 0) is 11.3 Å². The lowest BCUT2D eigenvalue weighted by molar-refractivity contribution is -0.125. The van der Waals surface area contributed by atoms with Crippen LogP contribution in [0.2, 0.25) is 0 Å². The van der Waals surface area contributed by atoms with E-state index in [1.54, 1.807) is 4.90 Å². The fourth-order valence-electron chi connectivity index (χ4n) is 5.16. The number of piperidine rings is 1. The normalized spacial score (nSPS) is 20.5. The molecule has 0 radical (unpaired) electrons. The van der Waals surface area contributed by atoms with Gasteiger partial charge in [-0.3, -0.25) is 15.2 Å². The number of carbonyl (C=O) groups is 1. The molecule has 176 valence electrons. The Balaban J connectivity index is 1.35. The van der Waals surface area contributed by atoms with Gasteiger partial charge in [-0.05, 0) is 56.2 Å². The first-order valence-electron chi connectivity index (χ1n) is 12.1. The van der Waals surface area contributed by atoms with Crippen molar-refractivity contribution in [3.05, 3.63) is 71.4 Å². The second-order valence-corrected chi connectivity index (χ2v) is 9.41. The molecule has 34 heavy (non-hydrogen) atoms. The lowest BCUT2D eigenvalue weighted by atomic mass is 9.83. The monoisotopic (exact) mass is 456 g/mol. The van der Waals surface area contributed by atoms with Gasteiger partial charge in [-0.2, -0.15) is 0 Å². The fourth-order valence-corrected chi connectivity index (χ4v) is 5.16. The third-order valence-corrected chi connectivity index (χ3v) is 7.20. The third-order valence-electron chi connectivity index (χ3n) is 7.20. The summed E-state index contributed by atoms with van der Waals surface area (Å²) in [6.45, 7) is 1.72. The molecule has 2 aliphatic heterocycles. The molecule has 7 nitrogen and oxygen atoms in total. The number of rotatable bonds is 4. The highest BCUT2D eigenvalue weighted by Crippen LogP contribution is 2.37. The Kier molecular flexibility index (Phi) is 6.09. The van der Waals surface area contributed by atoms with Crippen molar-refractivity contribution >= 4 is 28.8 Å². The molecule has 2 heterocycles. The molecule has 5 rings (SSSR count). The Hall–Kier alpha value is -3.61. The van der Waals surface area contributed by atoms with E-state index in [4.69, 9.17) is 16.1 Å². The van der Waals surface area contributed by atoms with E-state index >= 15 is 0 Å². The highest BCUT2D eigenvalue weighted by atomic mass is 16.2. The van der Waals surface area contributed by atoms with Gasteiger partial charge in [0.2, 0.25) is 0 Å². The number of nitrogens with two attached hydrogens (primary N) is 1. The number of nitrogens with one attached hydrogen (secondary N) is 3. The van der Waals surface area contributed by atoms with Gasteiger partial charge in [0.15, 0.2) is 0 Å². The highest BCUT2D eigenvalue weighted by Gasteiger charge is 2.43.